The zero-order valence-corrected chi connectivity index (χ0v) is 8.76. The second-order valence-electron chi connectivity index (χ2n) is 3.01. The quantitative estimate of drug-likeness (QED) is 0.644. The van der Waals surface area contributed by atoms with Gasteiger partial charge in [0.25, 0.3) is 0 Å². The highest BCUT2D eigenvalue weighted by molar-refractivity contribution is 7.74. The molecular formula is C7H15O4P. The number of methoxy groups -OCH3 is 1. The molecular weight excluding hydrogens is 179 g/mol. The molecule has 72 valence electrons. The molecule has 0 saturated carbocycles. The molecule has 0 aliphatic rings. The van der Waals surface area contributed by atoms with Crippen molar-refractivity contribution in [3.63, 3.8) is 0 Å². The zero-order chi connectivity index (χ0) is 9.78. The number of hydrogen-bond acceptors (Lipinski definition) is 4. The topological polar surface area (TPSA) is 52.6 Å². The van der Waals surface area contributed by atoms with Crippen LogP contribution in [0.5, 0.6) is 0 Å². The van der Waals surface area contributed by atoms with Crippen LogP contribution in [0.15, 0.2) is 0 Å². The molecule has 0 aromatic carbocycles. The lowest BCUT2D eigenvalue weighted by Crippen LogP contribution is -2.06. The van der Waals surface area contributed by atoms with Gasteiger partial charge in [0.1, 0.15) is 0 Å². The van der Waals surface area contributed by atoms with Crippen molar-refractivity contribution < 1.29 is 18.6 Å². The van der Waals surface area contributed by atoms with Crippen molar-refractivity contribution in [3.8, 4) is 0 Å². The Kier molecular flexibility index (Phi) is 4.50. The summed E-state index contributed by atoms with van der Waals surface area (Å²) in [6, 6.07) is 0. The molecule has 5 heteroatoms. The van der Waals surface area contributed by atoms with E-state index in [9.17, 15) is 9.36 Å². The number of carbonyl (C=O) groups is 1. The lowest BCUT2D eigenvalue weighted by Gasteiger charge is -2.12. The minimum Gasteiger partial charge on any atom is -0.462 e. The molecule has 0 amide bonds. The van der Waals surface area contributed by atoms with Crippen LogP contribution < -0.4 is 0 Å². The van der Waals surface area contributed by atoms with Gasteiger partial charge in [0.15, 0.2) is 0 Å². The Morgan fingerprint density at radius 2 is 2.00 bits per heavy atom. The van der Waals surface area contributed by atoms with Crippen LogP contribution in [-0.2, 0) is 13.8 Å². The summed E-state index contributed by atoms with van der Waals surface area (Å²) in [5.74, 6) is 0.253. The van der Waals surface area contributed by atoms with E-state index in [1.807, 2.05) is 13.8 Å². The van der Waals surface area contributed by atoms with Crippen molar-refractivity contribution in [1.29, 1.82) is 0 Å². The average molecular weight is 194 g/mol. The van der Waals surface area contributed by atoms with Crippen LogP contribution in [0, 0.1) is 5.92 Å². The van der Waals surface area contributed by atoms with Gasteiger partial charge in [-0.1, -0.05) is 13.8 Å². The SMILES string of the molecule is COC(=O)[P@@](C)(=O)OCC(C)C. The molecule has 0 bridgehead atoms. The van der Waals surface area contributed by atoms with Gasteiger partial charge >= 0.3 is 13.1 Å². The molecule has 0 saturated heterocycles. The molecule has 0 unspecified atom stereocenters. The molecule has 0 N–H and O–H groups in total. The smallest absolute Gasteiger partial charge is 0.390 e. The van der Waals surface area contributed by atoms with Crippen LogP contribution in [0.1, 0.15) is 13.8 Å². The number of carbonyl (C=O) groups excluding carboxylic acids is 1. The standard InChI is InChI=1S/C7H15O4P/c1-6(2)5-11-12(4,9)7(8)10-3/h6H,5H2,1-4H3/t12-/m0/s1. The summed E-state index contributed by atoms with van der Waals surface area (Å²) < 4.78 is 20.6. The first-order valence-corrected chi connectivity index (χ1v) is 5.78. The van der Waals surface area contributed by atoms with E-state index in [1.165, 1.54) is 13.8 Å². The first kappa shape index (κ1) is 11.7. The molecule has 4 nitrogen and oxygen atoms in total. The predicted molar refractivity (Wildman–Crippen MR) is 46.7 cm³/mol. The molecule has 0 spiro atoms. The highest BCUT2D eigenvalue weighted by Crippen LogP contribution is 2.44. The van der Waals surface area contributed by atoms with Gasteiger partial charge in [-0.15, -0.1) is 0 Å². The van der Waals surface area contributed by atoms with Crippen LogP contribution in [-0.4, -0.2) is 26.1 Å². The summed E-state index contributed by atoms with van der Waals surface area (Å²) in [6.07, 6.45) is 0. The van der Waals surface area contributed by atoms with Gasteiger partial charge < -0.3 is 9.26 Å². The molecule has 0 rings (SSSR count). The van der Waals surface area contributed by atoms with Gasteiger partial charge in [-0.3, -0.25) is 4.57 Å². The summed E-state index contributed by atoms with van der Waals surface area (Å²) in [5.41, 5.74) is -0.775. The van der Waals surface area contributed by atoms with E-state index in [1.54, 1.807) is 0 Å². The molecule has 0 aromatic heterocycles. The van der Waals surface area contributed by atoms with Crippen molar-refractivity contribution in [2.45, 2.75) is 13.8 Å². The van der Waals surface area contributed by atoms with Crippen LogP contribution >= 0.6 is 7.37 Å². The summed E-state index contributed by atoms with van der Waals surface area (Å²) in [6.45, 7) is 5.40. The molecule has 0 heterocycles. The largest absolute Gasteiger partial charge is 0.462 e. The summed E-state index contributed by atoms with van der Waals surface area (Å²) in [7, 11) is -2.01. The normalized spacial score (nSPS) is 15.8. The van der Waals surface area contributed by atoms with Crippen molar-refractivity contribution in [2.24, 2.45) is 5.92 Å². The van der Waals surface area contributed by atoms with Gasteiger partial charge in [-0.05, 0) is 5.92 Å². The van der Waals surface area contributed by atoms with E-state index in [-0.39, 0.29) is 5.92 Å². The zero-order valence-electron chi connectivity index (χ0n) is 7.86. The number of rotatable bonds is 4. The third-order valence-corrected chi connectivity index (χ3v) is 2.65. The molecule has 1 atom stereocenters. The number of hydrogen-bond donors (Lipinski definition) is 0. The Balaban J connectivity index is 4.05. The van der Waals surface area contributed by atoms with E-state index in [0.29, 0.717) is 6.61 Å². The third kappa shape index (κ3) is 3.88. The molecule has 12 heavy (non-hydrogen) atoms. The first-order chi connectivity index (χ1) is 5.40. The number of ether oxygens (including phenoxy) is 1. The van der Waals surface area contributed by atoms with Crippen LogP contribution in [0.4, 0.5) is 4.79 Å². The van der Waals surface area contributed by atoms with Crippen LogP contribution in [0.25, 0.3) is 0 Å². The minimum atomic E-state index is -3.20. The maximum atomic E-state index is 11.4. The van der Waals surface area contributed by atoms with Gasteiger partial charge in [0.05, 0.1) is 13.7 Å². The van der Waals surface area contributed by atoms with Gasteiger partial charge in [0.2, 0.25) is 0 Å². The van der Waals surface area contributed by atoms with E-state index in [2.05, 4.69) is 4.74 Å². The monoisotopic (exact) mass is 194 g/mol. The Hall–Kier alpha value is -0.340. The van der Waals surface area contributed by atoms with Crippen molar-refractivity contribution in [1.82, 2.24) is 0 Å². The third-order valence-electron chi connectivity index (χ3n) is 1.16. The minimum absolute atomic E-state index is 0.253. The Bertz CT molecular complexity index is 200. The highest BCUT2D eigenvalue weighted by Gasteiger charge is 2.28. The summed E-state index contributed by atoms with van der Waals surface area (Å²) >= 11 is 0. The maximum absolute atomic E-state index is 11.4. The lowest BCUT2D eigenvalue weighted by atomic mass is 10.2. The molecule has 0 aliphatic carbocycles. The van der Waals surface area contributed by atoms with Crippen molar-refractivity contribution in [2.75, 3.05) is 20.4 Å². The van der Waals surface area contributed by atoms with Crippen LogP contribution in [0.3, 0.4) is 0 Å². The lowest BCUT2D eigenvalue weighted by molar-refractivity contribution is 0.186. The van der Waals surface area contributed by atoms with Gasteiger partial charge in [-0.2, -0.15) is 0 Å². The molecule has 0 fully saturated rings. The maximum Gasteiger partial charge on any atom is 0.390 e. The molecule has 0 radical (unpaired) electrons. The van der Waals surface area contributed by atoms with Gasteiger partial charge in [-0.25, -0.2) is 4.79 Å². The fourth-order valence-electron chi connectivity index (χ4n) is 0.510. The Morgan fingerprint density at radius 1 is 1.50 bits per heavy atom. The van der Waals surface area contributed by atoms with E-state index in [0.717, 1.165) is 0 Å². The van der Waals surface area contributed by atoms with Crippen molar-refractivity contribution >= 4 is 13.1 Å². The van der Waals surface area contributed by atoms with Crippen molar-refractivity contribution in [3.05, 3.63) is 0 Å². The summed E-state index contributed by atoms with van der Waals surface area (Å²) in [4.78, 5) is 10.8. The van der Waals surface area contributed by atoms with E-state index >= 15 is 0 Å². The Morgan fingerprint density at radius 3 is 2.33 bits per heavy atom. The molecule has 0 aromatic rings. The fraction of sp³-hybridized carbons (Fsp3) is 0.857. The Labute approximate surface area is 72.7 Å². The van der Waals surface area contributed by atoms with Crippen LogP contribution in [0.2, 0.25) is 0 Å². The van der Waals surface area contributed by atoms with E-state index < -0.39 is 13.1 Å². The fourth-order valence-corrected chi connectivity index (χ4v) is 1.53. The summed E-state index contributed by atoms with van der Waals surface area (Å²) in [5, 5.41) is 0. The van der Waals surface area contributed by atoms with Gasteiger partial charge in [0, 0.05) is 6.66 Å². The second-order valence-corrected chi connectivity index (χ2v) is 5.32. The van der Waals surface area contributed by atoms with E-state index in [4.69, 9.17) is 4.52 Å². The average Bonchev–Trinajstić information content (AvgIpc) is 1.99. The second kappa shape index (κ2) is 4.63. The first-order valence-electron chi connectivity index (χ1n) is 3.70. The predicted octanol–water partition coefficient (Wildman–Crippen LogP) is 2.33. The molecule has 0 aliphatic heterocycles. The highest BCUT2D eigenvalue weighted by atomic mass is 31.2.